The van der Waals surface area contributed by atoms with Crippen LogP contribution in [0.5, 0.6) is 0 Å². The molecule has 1 saturated carbocycles. The second-order valence-corrected chi connectivity index (χ2v) is 6.61. The van der Waals surface area contributed by atoms with Crippen molar-refractivity contribution in [1.29, 1.82) is 0 Å². The Morgan fingerprint density at radius 3 is 2.25 bits per heavy atom. The number of alkyl halides is 3. The van der Waals surface area contributed by atoms with Gasteiger partial charge in [-0.3, -0.25) is 4.90 Å². The van der Waals surface area contributed by atoms with Gasteiger partial charge >= 0.3 is 6.18 Å². The average Bonchev–Trinajstić information content (AvgIpc) is 2.86. The van der Waals surface area contributed by atoms with E-state index in [0.29, 0.717) is 24.5 Å². The second-order valence-electron chi connectivity index (χ2n) is 6.61. The molecule has 1 aliphatic carbocycles. The summed E-state index contributed by atoms with van der Waals surface area (Å²) < 4.78 is 37.0. The van der Waals surface area contributed by atoms with Crippen LogP contribution in [-0.4, -0.2) is 43.3 Å². The minimum Gasteiger partial charge on any atom is -0.313 e. The lowest BCUT2D eigenvalue weighted by atomic mass is 9.83. The Balaban J connectivity index is 1.69. The Bertz CT molecular complexity index is 290. The van der Waals surface area contributed by atoms with E-state index in [0.717, 1.165) is 19.4 Å². The molecule has 0 aromatic heterocycles. The number of hydrogen-bond acceptors (Lipinski definition) is 2. The Hall–Kier alpha value is -0.290. The van der Waals surface area contributed by atoms with Crippen molar-refractivity contribution in [2.45, 2.75) is 64.1 Å². The van der Waals surface area contributed by atoms with E-state index >= 15 is 0 Å². The highest BCUT2D eigenvalue weighted by Gasteiger charge is 2.34. The largest absolute Gasteiger partial charge is 0.401 e. The minimum atomic E-state index is -4.06. The first kappa shape index (κ1) is 16.1. The van der Waals surface area contributed by atoms with Gasteiger partial charge in [0.1, 0.15) is 0 Å². The predicted octanol–water partition coefficient (Wildman–Crippen LogP) is 3.57. The quantitative estimate of drug-likeness (QED) is 0.833. The maximum absolute atomic E-state index is 12.3. The van der Waals surface area contributed by atoms with E-state index in [2.05, 4.69) is 12.2 Å². The molecule has 1 heterocycles. The first-order valence-electron chi connectivity index (χ1n) is 7.95. The summed E-state index contributed by atoms with van der Waals surface area (Å²) in [5, 5.41) is 3.63. The highest BCUT2D eigenvalue weighted by atomic mass is 19.4. The highest BCUT2D eigenvalue weighted by molar-refractivity contribution is 4.88. The van der Waals surface area contributed by atoms with Crippen molar-refractivity contribution >= 4 is 0 Å². The molecular formula is C15H27F3N2. The molecule has 2 rings (SSSR count). The molecule has 2 fully saturated rings. The van der Waals surface area contributed by atoms with Crippen LogP contribution >= 0.6 is 0 Å². The molecule has 0 amide bonds. The first-order valence-corrected chi connectivity index (χ1v) is 7.95. The molecule has 1 aliphatic heterocycles. The van der Waals surface area contributed by atoms with Crippen LogP contribution in [0.2, 0.25) is 0 Å². The molecule has 0 atom stereocenters. The minimum absolute atomic E-state index is 0.406. The normalized spacial score (nSPS) is 25.2. The van der Waals surface area contributed by atoms with E-state index in [1.807, 2.05) is 0 Å². The van der Waals surface area contributed by atoms with Crippen molar-refractivity contribution in [3.8, 4) is 0 Å². The third-order valence-corrected chi connectivity index (χ3v) is 5.17. The van der Waals surface area contributed by atoms with Crippen molar-refractivity contribution < 1.29 is 13.2 Å². The number of likely N-dealkylation sites (tertiary alicyclic amines) is 1. The van der Waals surface area contributed by atoms with E-state index in [4.69, 9.17) is 0 Å². The Labute approximate surface area is 120 Å². The van der Waals surface area contributed by atoms with Crippen LogP contribution in [0, 0.1) is 5.41 Å². The van der Waals surface area contributed by atoms with E-state index in [-0.39, 0.29) is 0 Å². The topological polar surface area (TPSA) is 15.3 Å². The number of halogens is 3. The van der Waals surface area contributed by atoms with Gasteiger partial charge in [0.15, 0.2) is 0 Å². The summed E-state index contributed by atoms with van der Waals surface area (Å²) in [7, 11) is 0. The highest BCUT2D eigenvalue weighted by Crippen LogP contribution is 2.40. The fourth-order valence-electron chi connectivity index (χ4n) is 3.69. The third kappa shape index (κ3) is 4.62. The van der Waals surface area contributed by atoms with Crippen molar-refractivity contribution in [3.05, 3.63) is 0 Å². The zero-order valence-electron chi connectivity index (χ0n) is 12.4. The lowest BCUT2D eigenvalue weighted by Crippen LogP contribution is -2.47. The van der Waals surface area contributed by atoms with Gasteiger partial charge in [-0.25, -0.2) is 0 Å². The van der Waals surface area contributed by atoms with Crippen LogP contribution in [0.1, 0.15) is 51.9 Å². The molecule has 1 N–H and O–H groups in total. The molecular weight excluding hydrogens is 265 g/mol. The number of nitrogens with zero attached hydrogens (tertiary/aromatic N) is 1. The zero-order chi connectivity index (χ0) is 14.6. The smallest absolute Gasteiger partial charge is 0.313 e. The maximum atomic E-state index is 12.3. The maximum Gasteiger partial charge on any atom is 0.401 e. The Morgan fingerprint density at radius 1 is 1.15 bits per heavy atom. The Kier molecular flexibility index (Phi) is 5.35. The van der Waals surface area contributed by atoms with Crippen LogP contribution in [0.4, 0.5) is 13.2 Å². The van der Waals surface area contributed by atoms with Gasteiger partial charge in [0.2, 0.25) is 0 Å². The van der Waals surface area contributed by atoms with Gasteiger partial charge in [-0.05, 0) is 50.6 Å². The average molecular weight is 292 g/mol. The molecule has 0 aromatic carbocycles. The van der Waals surface area contributed by atoms with Crippen molar-refractivity contribution in [2.75, 3.05) is 26.2 Å². The molecule has 2 nitrogen and oxygen atoms in total. The summed E-state index contributed by atoms with van der Waals surface area (Å²) in [5.41, 5.74) is 0.461. The van der Waals surface area contributed by atoms with Crippen LogP contribution < -0.4 is 5.32 Å². The van der Waals surface area contributed by atoms with Gasteiger partial charge in [0.25, 0.3) is 0 Å². The number of hydrogen-bond donors (Lipinski definition) is 1. The van der Waals surface area contributed by atoms with Gasteiger partial charge in [-0.1, -0.05) is 19.8 Å². The number of rotatable bonds is 5. The monoisotopic (exact) mass is 292 g/mol. The molecule has 0 spiro atoms. The molecule has 20 heavy (non-hydrogen) atoms. The summed E-state index contributed by atoms with van der Waals surface area (Å²) in [4.78, 5) is 1.53. The van der Waals surface area contributed by atoms with Crippen molar-refractivity contribution in [2.24, 2.45) is 5.41 Å². The van der Waals surface area contributed by atoms with Crippen LogP contribution in [0.15, 0.2) is 0 Å². The summed E-state index contributed by atoms with van der Waals surface area (Å²) in [5.74, 6) is 0. The Morgan fingerprint density at radius 2 is 1.75 bits per heavy atom. The molecule has 0 unspecified atom stereocenters. The summed E-state index contributed by atoms with van der Waals surface area (Å²) >= 11 is 0. The summed E-state index contributed by atoms with van der Waals surface area (Å²) in [6.07, 6.45) is 4.13. The number of piperidine rings is 1. The third-order valence-electron chi connectivity index (χ3n) is 5.17. The van der Waals surface area contributed by atoms with E-state index in [1.165, 1.54) is 37.0 Å². The van der Waals surface area contributed by atoms with Gasteiger partial charge in [-0.2, -0.15) is 13.2 Å². The standard InChI is InChI=1S/C15H27F3N2/c1-2-14(7-3-4-8-14)11-19-13-5-9-20(10-6-13)12-15(16,17)18/h13,19H,2-12H2,1H3. The van der Waals surface area contributed by atoms with Crippen LogP contribution in [0.25, 0.3) is 0 Å². The SMILES string of the molecule is CCC1(CNC2CCN(CC(F)(F)F)CC2)CCCC1. The van der Waals surface area contributed by atoms with Gasteiger partial charge < -0.3 is 5.32 Å². The number of nitrogens with one attached hydrogen (secondary N) is 1. The summed E-state index contributed by atoms with van der Waals surface area (Å²) in [6, 6.07) is 0.406. The molecule has 0 radical (unpaired) electrons. The summed E-state index contributed by atoms with van der Waals surface area (Å²) in [6.45, 7) is 3.69. The fourth-order valence-corrected chi connectivity index (χ4v) is 3.69. The van der Waals surface area contributed by atoms with Gasteiger partial charge in [0.05, 0.1) is 6.54 Å². The molecule has 5 heteroatoms. The molecule has 1 saturated heterocycles. The van der Waals surface area contributed by atoms with Crippen molar-refractivity contribution in [3.63, 3.8) is 0 Å². The predicted molar refractivity (Wildman–Crippen MR) is 74.7 cm³/mol. The molecule has 0 aromatic rings. The first-order chi connectivity index (χ1) is 9.42. The molecule has 118 valence electrons. The molecule has 2 aliphatic rings. The van der Waals surface area contributed by atoms with E-state index in [9.17, 15) is 13.2 Å². The van der Waals surface area contributed by atoms with Crippen molar-refractivity contribution in [1.82, 2.24) is 10.2 Å². The lowest BCUT2D eigenvalue weighted by Gasteiger charge is -2.35. The van der Waals surface area contributed by atoms with Crippen LogP contribution in [0.3, 0.4) is 0 Å². The van der Waals surface area contributed by atoms with E-state index in [1.54, 1.807) is 0 Å². The second kappa shape index (κ2) is 6.65. The van der Waals surface area contributed by atoms with Gasteiger partial charge in [0, 0.05) is 12.6 Å². The van der Waals surface area contributed by atoms with E-state index < -0.39 is 12.7 Å². The lowest BCUT2D eigenvalue weighted by molar-refractivity contribution is -0.148. The zero-order valence-corrected chi connectivity index (χ0v) is 12.4. The fraction of sp³-hybridized carbons (Fsp3) is 1.00. The molecule has 0 bridgehead atoms. The van der Waals surface area contributed by atoms with Crippen LogP contribution in [-0.2, 0) is 0 Å². The van der Waals surface area contributed by atoms with Gasteiger partial charge in [-0.15, -0.1) is 0 Å².